The van der Waals surface area contributed by atoms with Crippen molar-refractivity contribution < 1.29 is 18.0 Å². The Labute approximate surface area is 123 Å². The highest BCUT2D eigenvalue weighted by Gasteiger charge is 2.30. The number of anilines is 1. The zero-order valence-corrected chi connectivity index (χ0v) is 12.7. The van der Waals surface area contributed by atoms with Gasteiger partial charge in [0.2, 0.25) is 4.16 Å². The van der Waals surface area contributed by atoms with Crippen LogP contribution in [0.25, 0.3) is 0 Å². The number of ketones is 1. The summed E-state index contributed by atoms with van der Waals surface area (Å²) < 4.78 is 23.8. The molecule has 0 aliphatic heterocycles. The number of hydrogen-bond donors (Lipinski definition) is 1. The van der Waals surface area contributed by atoms with E-state index in [0.717, 1.165) is 6.08 Å². The van der Waals surface area contributed by atoms with Crippen molar-refractivity contribution in [2.45, 2.75) is 4.16 Å². The van der Waals surface area contributed by atoms with Gasteiger partial charge in [-0.3, -0.25) is 4.79 Å². The summed E-state index contributed by atoms with van der Waals surface area (Å²) in [6.07, 6.45) is 0.898. The highest BCUT2D eigenvalue weighted by atomic mass is 79.9. The van der Waals surface area contributed by atoms with Crippen LogP contribution < -0.4 is 5.32 Å². The van der Waals surface area contributed by atoms with E-state index < -0.39 is 20.0 Å². The lowest BCUT2D eigenvalue weighted by Gasteiger charge is -2.08. The predicted molar refractivity (Wildman–Crippen MR) is 75.1 cm³/mol. The van der Waals surface area contributed by atoms with E-state index in [1.54, 1.807) is 7.05 Å². The standard InChI is InChI=1S/C10H8BrClN2O4S/c1-13-8-4-6(2-3-7(8)12)9(16)10(11)19(17,18)14-5-15/h2-4,10,13H,1H3. The van der Waals surface area contributed by atoms with Crippen molar-refractivity contribution in [2.24, 2.45) is 4.40 Å². The summed E-state index contributed by atoms with van der Waals surface area (Å²) in [6, 6.07) is 4.23. The third-order valence-electron chi connectivity index (χ3n) is 2.15. The van der Waals surface area contributed by atoms with Crippen molar-refractivity contribution in [1.29, 1.82) is 0 Å². The first-order valence-electron chi connectivity index (χ1n) is 4.82. The molecule has 0 saturated heterocycles. The maximum Gasteiger partial charge on any atom is 0.284 e. The molecule has 102 valence electrons. The minimum atomic E-state index is -4.27. The summed E-state index contributed by atoms with van der Waals surface area (Å²) in [6.45, 7) is 0. The molecule has 19 heavy (non-hydrogen) atoms. The van der Waals surface area contributed by atoms with Gasteiger partial charge in [0, 0.05) is 12.6 Å². The number of sulfonamides is 1. The maximum atomic E-state index is 12.0. The monoisotopic (exact) mass is 366 g/mol. The van der Waals surface area contributed by atoms with Gasteiger partial charge in [-0.25, -0.2) is 13.2 Å². The Bertz CT molecular complexity index is 655. The first-order valence-corrected chi connectivity index (χ1v) is 7.61. The van der Waals surface area contributed by atoms with E-state index in [4.69, 9.17) is 11.6 Å². The number of halogens is 2. The molecule has 0 saturated carbocycles. The van der Waals surface area contributed by atoms with Crippen molar-refractivity contribution in [2.75, 3.05) is 12.4 Å². The number of isocyanates is 1. The molecule has 0 aliphatic carbocycles. The van der Waals surface area contributed by atoms with E-state index in [0.29, 0.717) is 10.7 Å². The van der Waals surface area contributed by atoms with Crippen molar-refractivity contribution >= 4 is 55.1 Å². The summed E-state index contributed by atoms with van der Waals surface area (Å²) in [5.41, 5.74) is 0.587. The van der Waals surface area contributed by atoms with Gasteiger partial charge in [0.05, 0.1) is 10.7 Å². The first kappa shape index (κ1) is 15.8. The molecule has 1 atom stereocenters. The number of Topliss-reactive ketones (excluding diaryl/α,β-unsaturated/α-hetero) is 1. The fourth-order valence-corrected chi connectivity index (χ4v) is 2.56. The SMILES string of the molecule is CNc1cc(C(=O)C(Br)S(=O)(=O)N=C=O)ccc1Cl. The molecular weight excluding hydrogens is 360 g/mol. The van der Waals surface area contributed by atoms with E-state index in [1.165, 1.54) is 18.2 Å². The van der Waals surface area contributed by atoms with Gasteiger partial charge in [-0.05, 0) is 18.2 Å². The van der Waals surface area contributed by atoms with Crippen molar-refractivity contribution in [3.63, 3.8) is 0 Å². The lowest BCUT2D eigenvalue weighted by Crippen LogP contribution is -2.23. The minimum Gasteiger partial charge on any atom is -0.387 e. The van der Waals surface area contributed by atoms with Gasteiger partial charge in [-0.1, -0.05) is 31.9 Å². The smallest absolute Gasteiger partial charge is 0.284 e. The zero-order valence-electron chi connectivity index (χ0n) is 9.55. The molecule has 0 heterocycles. The van der Waals surface area contributed by atoms with E-state index in [2.05, 4.69) is 25.6 Å². The molecule has 1 unspecified atom stereocenters. The Balaban J connectivity index is 3.18. The molecular formula is C10H8BrClN2O4S. The normalized spacial score (nSPS) is 12.4. The highest BCUT2D eigenvalue weighted by molar-refractivity contribution is 9.11. The average molecular weight is 368 g/mol. The summed E-state index contributed by atoms with van der Waals surface area (Å²) in [5, 5.41) is 3.15. The Hall–Kier alpha value is -1.21. The van der Waals surface area contributed by atoms with E-state index in [9.17, 15) is 18.0 Å². The third kappa shape index (κ3) is 3.63. The number of nitrogens with one attached hydrogen (secondary N) is 1. The topological polar surface area (TPSA) is 92.7 Å². The van der Waals surface area contributed by atoms with E-state index in [1.807, 2.05) is 0 Å². The summed E-state index contributed by atoms with van der Waals surface area (Å²) in [5.74, 6) is -0.757. The van der Waals surface area contributed by atoms with Gasteiger partial charge in [0.1, 0.15) is 0 Å². The van der Waals surface area contributed by atoms with Crippen molar-refractivity contribution in [3.8, 4) is 0 Å². The molecule has 0 bridgehead atoms. The lowest BCUT2D eigenvalue weighted by molar-refractivity contribution is 0.101. The molecule has 1 rings (SSSR count). The number of carbonyl (C=O) groups excluding carboxylic acids is 2. The Morgan fingerprint density at radius 2 is 2.16 bits per heavy atom. The van der Waals surface area contributed by atoms with E-state index in [-0.39, 0.29) is 5.56 Å². The number of benzene rings is 1. The predicted octanol–water partition coefficient (Wildman–Crippen LogP) is 1.95. The lowest BCUT2D eigenvalue weighted by atomic mass is 10.1. The van der Waals surface area contributed by atoms with Crippen LogP contribution in [0.3, 0.4) is 0 Å². The van der Waals surface area contributed by atoms with Gasteiger partial charge in [-0.15, -0.1) is 0 Å². The van der Waals surface area contributed by atoms with E-state index >= 15 is 0 Å². The molecule has 9 heteroatoms. The Kier molecular flexibility index (Phi) is 5.25. The molecule has 0 spiro atoms. The Morgan fingerprint density at radius 1 is 1.53 bits per heavy atom. The maximum absolute atomic E-state index is 12.0. The summed E-state index contributed by atoms with van der Waals surface area (Å²) in [4.78, 5) is 22.0. The number of alkyl halides is 1. The molecule has 0 amide bonds. The van der Waals surface area contributed by atoms with Crippen LogP contribution in [0.15, 0.2) is 22.6 Å². The molecule has 6 nitrogen and oxygen atoms in total. The van der Waals surface area contributed by atoms with Crippen LogP contribution in [0.2, 0.25) is 5.02 Å². The second-order valence-electron chi connectivity index (χ2n) is 3.32. The van der Waals surface area contributed by atoms with Crippen molar-refractivity contribution in [3.05, 3.63) is 28.8 Å². The fraction of sp³-hybridized carbons (Fsp3) is 0.200. The molecule has 0 aliphatic rings. The van der Waals surface area contributed by atoms with Crippen LogP contribution in [0, 0.1) is 0 Å². The van der Waals surface area contributed by atoms with Gasteiger partial charge in [0.25, 0.3) is 16.1 Å². The minimum absolute atomic E-state index is 0.111. The fourth-order valence-electron chi connectivity index (χ4n) is 1.23. The molecule has 0 radical (unpaired) electrons. The average Bonchev–Trinajstić information content (AvgIpc) is 2.37. The molecule has 1 aromatic rings. The van der Waals surface area contributed by atoms with Crippen molar-refractivity contribution in [1.82, 2.24) is 0 Å². The van der Waals surface area contributed by atoms with Crippen LogP contribution in [0.1, 0.15) is 10.4 Å². The van der Waals surface area contributed by atoms with Crippen LogP contribution in [-0.2, 0) is 14.8 Å². The molecule has 0 aromatic heterocycles. The number of hydrogen-bond acceptors (Lipinski definition) is 5. The molecule has 1 aromatic carbocycles. The van der Waals surface area contributed by atoms with Gasteiger partial charge in [0.15, 0.2) is 5.78 Å². The molecule has 1 N–H and O–H groups in total. The highest BCUT2D eigenvalue weighted by Crippen LogP contribution is 2.25. The second kappa shape index (κ2) is 6.29. The zero-order chi connectivity index (χ0) is 14.6. The summed E-state index contributed by atoms with van der Waals surface area (Å²) >= 11 is 8.55. The van der Waals surface area contributed by atoms with Crippen LogP contribution in [0.5, 0.6) is 0 Å². The van der Waals surface area contributed by atoms with Gasteiger partial charge < -0.3 is 5.32 Å². The molecule has 0 fully saturated rings. The number of rotatable bonds is 5. The Morgan fingerprint density at radius 3 is 2.68 bits per heavy atom. The van der Waals surface area contributed by atoms with Crippen LogP contribution in [-0.4, -0.2) is 31.5 Å². The van der Waals surface area contributed by atoms with Crippen LogP contribution in [0.4, 0.5) is 5.69 Å². The van der Waals surface area contributed by atoms with Crippen LogP contribution >= 0.6 is 27.5 Å². The number of nitrogens with zero attached hydrogens (tertiary/aromatic N) is 1. The largest absolute Gasteiger partial charge is 0.387 e. The quantitative estimate of drug-likeness (QED) is 0.372. The second-order valence-corrected chi connectivity index (χ2v) is 6.94. The van der Waals surface area contributed by atoms with Gasteiger partial charge in [-0.2, -0.15) is 0 Å². The van der Waals surface area contributed by atoms with Gasteiger partial charge >= 0.3 is 0 Å². The number of carbonyl (C=O) groups is 1. The summed E-state index contributed by atoms with van der Waals surface area (Å²) in [7, 11) is -2.67. The third-order valence-corrected chi connectivity index (χ3v) is 5.38. The first-order chi connectivity index (χ1) is 8.83.